The van der Waals surface area contributed by atoms with Gasteiger partial charge in [-0.15, -0.1) is 11.6 Å². The molecule has 1 atom stereocenters. The monoisotopic (exact) mass is 362 g/mol. The van der Waals surface area contributed by atoms with E-state index in [1.807, 2.05) is 0 Å². The predicted octanol–water partition coefficient (Wildman–Crippen LogP) is 5.58. The van der Waals surface area contributed by atoms with Crippen LogP contribution in [0, 0.1) is 5.82 Å². The van der Waals surface area contributed by atoms with E-state index in [4.69, 9.17) is 27.9 Å². The van der Waals surface area contributed by atoms with E-state index in [0.717, 1.165) is 10.0 Å². The van der Waals surface area contributed by atoms with Gasteiger partial charge in [-0.2, -0.15) is 0 Å². The maximum atomic E-state index is 13.3. The molecule has 0 aliphatic carbocycles. The first-order valence-electron chi connectivity index (χ1n) is 5.45. The molecule has 2 rings (SSSR count). The Balaban J connectivity index is 2.41. The number of alkyl halides is 1. The van der Waals surface area contributed by atoms with Crippen LogP contribution in [0.5, 0.6) is 5.75 Å². The summed E-state index contributed by atoms with van der Waals surface area (Å²) in [4.78, 5) is 0. The van der Waals surface area contributed by atoms with E-state index in [1.54, 1.807) is 31.4 Å². The molecule has 0 saturated carbocycles. The molecule has 0 spiro atoms. The van der Waals surface area contributed by atoms with Crippen LogP contribution < -0.4 is 4.74 Å². The van der Waals surface area contributed by atoms with Gasteiger partial charge in [0.2, 0.25) is 0 Å². The molecular formula is C14H10BrCl2FO. The van der Waals surface area contributed by atoms with E-state index in [0.29, 0.717) is 16.3 Å². The van der Waals surface area contributed by atoms with Crippen molar-refractivity contribution in [1.82, 2.24) is 0 Å². The molecule has 100 valence electrons. The summed E-state index contributed by atoms with van der Waals surface area (Å²) >= 11 is 15.8. The van der Waals surface area contributed by atoms with Crippen molar-refractivity contribution in [2.75, 3.05) is 7.11 Å². The normalized spacial score (nSPS) is 12.3. The van der Waals surface area contributed by atoms with Crippen LogP contribution in [0.25, 0.3) is 0 Å². The minimum atomic E-state index is -0.492. The molecule has 5 heteroatoms. The maximum absolute atomic E-state index is 13.3. The molecule has 0 radical (unpaired) electrons. The molecule has 1 nitrogen and oxygen atoms in total. The summed E-state index contributed by atoms with van der Waals surface area (Å²) in [6, 6.07) is 9.67. The Labute approximate surface area is 129 Å². The lowest BCUT2D eigenvalue weighted by Gasteiger charge is -2.14. The van der Waals surface area contributed by atoms with E-state index in [9.17, 15) is 4.39 Å². The van der Waals surface area contributed by atoms with Gasteiger partial charge >= 0.3 is 0 Å². The minimum absolute atomic E-state index is 0.330. The molecule has 0 aromatic heterocycles. The molecule has 0 fully saturated rings. The lowest BCUT2D eigenvalue weighted by molar-refractivity contribution is 0.415. The molecular weight excluding hydrogens is 354 g/mol. The molecule has 0 heterocycles. The highest BCUT2D eigenvalue weighted by Crippen LogP contribution is 2.37. The van der Waals surface area contributed by atoms with Gasteiger partial charge in [-0.1, -0.05) is 33.6 Å². The average Bonchev–Trinajstić information content (AvgIpc) is 2.40. The fraction of sp³-hybridized carbons (Fsp3) is 0.143. The van der Waals surface area contributed by atoms with Gasteiger partial charge in [-0.05, 0) is 41.5 Å². The Morgan fingerprint density at radius 3 is 2.58 bits per heavy atom. The van der Waals surface area contributed by atoms with Crippen LogP contribution in [0.1, 0.15) is 16.5 Å². The first-order chi connectivity index (χ1) is 9.02. The van der Waals surface area contributed by atoms with Gasteiger partial charge in [0.1, 0.15) is 11.6 Å². The lowest BCUT2D eigenvalue weighted by atomic mass is 10.0. The Bertz CT molecular complexity index is 604. The summed E-state index contributed by atoms with van der Waals surface area (Å²) in [7, 11) is 1.54. The molecule has 19 heavy (non-hydrogen) atoms. The highest BCUT2D eigenvalue weighted by atomic mass is 79.9. The van der Waals surface area contributed by atoms with Crippen LogP contribution >= 0.6 is 39.1 Å². The lowest BCUT2D eigenvalue weighted by Crippen LogP contribution is -1.96. The second-order valence-electron chi connectivity index (χ2n) is 3.92. The zero-order valence-electron chi connectivity index (χ0n) is 9.96. The first kappa shape index (κ1) is 14.6. The predicted molar refractivity (Wildman–Crippen MR) is 79.8 cm³/mol. The molecule has 1 unspecified atom stereocenters. The zero-order chi connectivity index (χ0) is 14.0. The average molecular weight is 364 g/mol. The topological polar surface area (TPSA) is 9.23 Å². The van der Waals surface area contributed by atoms with Crippen LogP contribution in [-0.4, -0.2) is 7.11 Å². The van der Waals surface area contributed by atoms with Crippen LogP contribution in [0.3, 0.4) is 0 Å². The standard InChI is InChI=1S/C14H10BrCl2FO/c1-19-13-5-2-8(6-12(13)16)14(17)10-7-9(18)3-4-11(10)15/h2-7,14H,1H3. The molecule has 0 saturated heterocycles. The van der Waals surface area contributed by atoms with Crippen molar-refractivity contribution in [2.24, 2.45) is 0 Å². The Morgan fingerprint density at radius 2 is 1.95 bits per heavy atom. The van der Waals surface area contributed by atoms with Gasteiger partial charge in [-0.25, -0.2) is 4.39 Å². The van der Waals surface area contributed by atoms with Crippen molar-refractivity contribution < 1.29 is 9.13 Å². The second-order valence-corrected chi connectivity index (χ2v) is 5.62. The van der Waals surface area contributed by atoms with Gasteiger partial charge in [0.15, 0.2) is 0 Å². The minimum Gasteiger partial charge on any atom is -0.495 e. The van der Waals surface area contributed by atoms with Gasteiger partial charge in [-0.3, -0.25) is 0 Å². The Kier molecular flexibility index (Phi) is 4.71. The van der Waals surface area contributed by atoms with E-state index in [-0.39, 0.29) is 5.82 Å². The van der Waals surface area contributed by atoms with Gasteiger partial charge in [0.25, 0.3) is 0 Å². The summed E-state index contributed by atoms with van der Waals surface area (Å²) in [6.45, 7) is 0. The van der Waals surface area contributed by atoms with Crippen molar-refractivity contribution in [2.45, 2.75) is 5.38 Å². The van der Waals surface area contributed by atoms with Crippen molar-refractivity contribution >= 4 is 39.1 Å². The third-order valence-electron chi connectivity index (χ3n) is 2.70. The third kappa shape index (κ3) is 3.22. The van der Waals surface area contributed by atoms with Gasteiger partial charge in [0.05, 0.1) is 17.5 Å². The van der Waals surface area contributed by atoms with Crippen molar-refractivity contribution in [1.29, 1.82) is 0 Å². The smallest absolute Gasteiger partial charge is 0.137 e. The SMILES string of the molecule is COc1ccc(C(Cl)c2cc(F)ccc2Br)cc1Cl. The maximum Gasteiger partial charge on any atom is 0.137 e. The largest absolute Gasteiger partial charge is 0.495 e. The number of methoxy groups -OCH3 is 1. The number of hydrogen-bond donors (Lipinski definition) is 0. The molecule has 0 bridgehead atoms. The van der Waals surface area contributed by atoms with Crippen molar-refractivity contribution in [3.8, 4) is 5.75 Å². The highest BCUT2D eigenvalue weighted by molar-refractivity contribution is 9.10. The zero-order valence-corrected chi connectivity index (χ0v) is 13.1. The summed E-state index contributed by atoms with van der Waals surface area (Å²) in [5.74, 6) is 0.246. The van der Waals surface area contributed by atoms with E-state index in [1.165, 1.54) is 12.1 Å². The summed E-state index contributed by atoms with van der Waals surface area (Å²) < 4.78 is 19.1. The third-order valence-corrected chi connectivity index (χ3v) is 4.20. The number of benzene rings is 2. The fourth-order valence-corrected chi connectivity index (χ4v) is 2.92. The highest BCUT2D eigenvalue weighted by Gasteiger charge is 2.16. The molecule has 0 N–H and O–H groups in total. The number of hydrogen-bond acceptors (Lipinski definition) is 1. The fourth-order valence-electron chi connectivity index (χ4n) is 1.73. The van der Waals surface area contributed by atoms with Gasteiger partial charge < -0.3 is 4.74 Å². The van der Waals surface area contributed by atoms with E-state index >= 15 is 0 Å². The quantitative estimate of drug-likeness (QED) is 0.647. The van der Waals surface area contributed by atoms with Crippen LogP contribution in [0.15, 0.2) is 40.9 Å². The Hall–Kier alpha value is -0.770. The van der Waals surface area contributed by atoms with Crippen molar-refractivity contribution in [3.63, 3.8) is 0 Å². The van der Waals surface area contributed by atoms with Crippen LogP contribution in [0.2, 0.25) is 5.02 Å². The molecule has 0 aliphatic heterocycles. The van der Waals surface area contributed by atoms with Crippen LogP contribution in [-0.2, 0) is 0 Å². The van der Waals surface area contributed by atoms with Crippen LogP contribution in [0.4, 0.5) is 4.39 Å². The number of halogens is 4. The number of ether oxygens (including phenoxy) is 1. The van der Waals surface area contributed by atoms with E-state index < -0.39 is 5.38 Å². The molecule has 0 aliphatic rings. The summed E-state index contributed by atoms with van der Waals surface area (Å²) in [5, 5.41) is -0.0216. The molecule has 0 amide bonds. The van der Waals surface area contributed by atoms with Crippen molar-refractivity contribution in [3.05, 3.63) is 62.8 Å². The molecule has 2 aromatic carbocycles. The Morgan fingerprint density at radius 1 is 1.21 bits per heavy atom. The van der Waals surface area contributed by atoms with E-state index in [2.05, 4.69) is 15.9 Å². The van der Waals surface area contributed by atoms with Gasteiger partial charge in [0, 0.05) is 4.47 Å². The second kappa shape index (κ2) is 6.12. The summed E-state index contributed by atoms with van der Waals surface area (Å²) in [6.07, 6.45) is 0. The molecule has 2 aromatic rings. The summed E-state index contributed by atoms with van der Waals surface area (Å²) in [5.41, 5.74) is 1.43. The first-order valence-corrected chi connectivity index (χ1v) is 7.06. The number of rotatable bonds is 3.